The average Bonchev–Trinajstić information content (AvgIpc) is 3.62. The summed E-state index contributed by atoms with van der Waals surface area (Å²) in [5.41, 5.74) is 5.28. The van der Waals surface area contributed by atoms with E-state index in [-0.39, 0.29) is 23.7 Å². The van der Waals surface area contributed by atoms with Gasteiger partial charge in [0, 0.05) is 19.5 Å². The van der Waals surface area contributed by atoms with Crippen LogP contribution < -0.4 is 10.0 Å². The van der Waals surface area contributed by atoms with E-state index in [1.165, 1.54) is 16.6 Å². The Hall–Kier alpha value is -2.71. The lowest BCUT2D eigenvalue weighted by Gasteiger charge is -2.35. The molecule has 3 heterocycles. The molecule has 1 aliphatic rings. The highest BCUT2D eigenvalue weighted by Crippen LogP contribution is 2.29. The van der Waals surface area contributed by atoms with Gasteiger partial charge in [0.05, 0.1) is 33.9 Å². The fourth-order valence-electron chi connectivity index (χ4n) is 4.28. The molecule has 0 aliphatic carbocycles. The van der Waals surface area contributed by atoms with Gasteiger partial charge < -0.3 is 15.3 Å². The second kappa shape index (κ2) is 11.2. The second-order valence-corrected chi connectivity index (χ2v) is 14.0. The first kappa shape index (κ1) is 28.3. The predicted molar refractivity (Wildman–Crippen MR) is 146 cm³/mol. The molecule has 0 radical (unpaired) electrons. The van der Waals surface area contributed by atoms with Crippen molar-refractivity contribution in [2.75, 3.05) is 6.54 Å². The standard InChI is InChI=1S/C25H31N5O5S3/c1-15-21(37-14-28-15)17-7-5-16(6-8-17)10-27-23(32)19-9-18(31)12-30(19)24(33)22(25(2,3)4)29-38(34,35)20-11-26-13-36-20/h5-8,11,13-14,18-19,22,29,31H,9-10,12H2,1-4H3,(H,27,32)/t18-,19+,22-/m1/s1. The van der Waals surface area contributed by atoms with Crippen LogP contribution in [0.1, 0.15) is 38.4 Å². The summed E-state index contributed by atoms with van der Waals surface area (Å²) in [6.07, 6.45) is 0.396. The molecule has 1 fully saturated rings. The largest absolute Gasteiger partial charge is 0.391 e. The Balaban J connectivity index is 1.46. The summed E-state index contributed by atoms with van der Waals surface area (Å²) in [6, 6.07) is 5.71. The molecule has 0 bridgehead atoms. The molecule has 13 heteroatoms. The number of hydrogen-bond donors (Lipinski definition) is 3. The Morgan fingerprint density at radius 1 is 1.18 bits per heavy atom. The van der Waals surface area contributed by atoms with Crippen molar-refractivity contribution < 1.29 is 23.1 Å². The molecule has 3 atom stereocenters. The van der Waals surface area contributed by atoms with E-state index < -0.39 is 45.4 Å². The molecule has 0 spiro atoms. The minimum absolute atomic E-state index is 0.00757. The van der Waals surface area contributed by atoms with Gasteiger partial charge in [0.1, 0.15) is 12.1 Å². The lowest BCUT2D eigenvalue weighted by atomic mass is 9.86. The quantitative estimate of drug-likeness (QED) is 0.374. The molecule has 3 aromatic rings. The topological polar surface area (TPSA) is 142 Å². The minimum Gasteiger partial charge on any atom is -0.391 e. The second-order valence-electron chi connectivity index (χ2n) is 10.3. The molecule has 0 saturated carbocycles. The van der Waals surface area contributed by atoms with Gasteiger partial charge in [-0.1, -0.05) is 45.0 Å². The summed E-state index contributed by atoms with van der Waals surface area (Å²) >= 11 is 2.51. The Kier molecular flexibility index (Phi) is 8.33. The van der Waals surface area contributed by atoms with E-state index in [2.05, 4.69) is 20.0 Å². The third-order valence-electron chi connectivity index (χ3n) is 6.35. The smallest absolute Gasteiger partial charge is 0.252 e. The minimum atomic E-state index is -4.00. The molecular formula is C25H31N5O5S3. The number of carbonyl (C=O) groups is 2. The van der Waals surface area contributed by atoms with Crippen molar-refractivity contribution in [2.45, 2.75) is 63.1 Å². The highest BCUT2D eigenvalue weighted by molar-refractivity contribution is 7.91. The van der Waals surface area contributed by atoms with Crippen LogP contribution in [0.3, 0.4) is 0 Å². The normalized spacial score (nSPS) is 18.9. The number of thiazole rings is 2. The summed E-state index contributed by atoms with van der Waals surface area (Å²) in [5, 5.41) is 13.2. The highest BCUT2D eigenvalue weighted by Gasteiger charge is 2.45. The number of β-amino-alcohol motifs (C(OH)–C–C–N with tert-alkyl or cyclic N) is 1. The lowest BCUT2D eigenvalue weighted by Crippen LogP contribution is -2.57. The SMILES string of the molecule is Cc1ncsc1-c1ccc(CNC(=O)[C@@H]2C[C@@H](O)CN2C(=O)[C@@H](NS(=O)(=O)c2cncs2)C(C)(C)C)cc1. The Morgan fingerprint density at radius 2 is 1.89 bits per heavy atom. The van der Waals surface area contributed by atoms with E-state index in [1.807, 2.05) is 31.2 Å². The monoisotopic (exact) mass is 577 g/mol. The van der Waals surface area contributed by atoms with Crippen molar-refractivity contribution in [3.8, 4) is 10.4 Å². The van der Waals surface area contributed by atoms with Crippen molar-refractivity contribution in [2.24, 2.45) is 5.41 Å². The summed E-state index contributed by atoms with van der Waals surface area (Å²) in [7, 11) is -4.00. The molecule has 2 aromatic heterocycles. The van der Waals surface area contributed by atoms with Gasteiger partial charge in [-0.15, -0.1) is 22.7 Å². The number of aryl methyl sites for hydroxylation is 1. The van der Waals surface area contributed by atoms with Gasteiger partial charge in [-0.25, -0.2) is 13.4 Å². The molecule has 10 nitrogen and oxygen atoms in total. The molecule has 1 aliphatic heterocycles. The van der Waals surface area contributed by atoms with Crippen molar-refractivity contribution in [3.63, 3.8) is 0 Å². The van der Waals surface area contributed by atoms with E-state index >= 15 is 0 Å². The van der Waals surface area contributed by atoms with Gasteiger partial charge in [-0.2, -0.15) is 4.72 Å². The van der Waals surface area contributed by atoms with Gasteiger partial charge in [0.15, 0.2) is 4.21 Å². The lowest BCUT2D eigenvalue weighted by molar-refractivity contribution is -0.141. The van der Waals surface area contributed by atoms with E-state index in [4.69, 9.17) is 0 Å². The summed E-state index contributed by atoms with van der Waals surface area (Å²) in [4.78, 5) is 37.3. The third kappa shape index (κ3) is 6.29. The van der Waals surface area contributed by atoms with Crippen molar-refractivity contribution in [1.29, 1.82) is 0 Å². The van der Waals surface area contributed by atoms with E-state index in [9.17, 15) is 23.1 Å². The number of aliphatic hydroxyl groups excluding tert-OH is 1. The molecule has 0 unspecified atom stereocenters. The molecule has 2 amide bonds. The number of amides is 2. The third-order valence-corrected chi connectivity index (χ3v) is 10.0. The number of nitrogens with zero attached hydrogens (tertiary/aromatic N) is 3. The van der Waals surface area contributed by atoms with Gasteiger partial charge in [-0.05, 0) is 23.5 Å². The van der Waals surface area contributed by atoms with Gasteiger partial charge in [-0.3, -0.25) is 14.6 Å². The maximum Gasteiger partial charge on any atom is 0.252 e. The van der Waals surface area contributed by atoms with Crippen molar-refractivity contribution in [1.82, 2.24) is 24.9 Å². The fraction of sp³-hybridized carbons (Fsp3) is 0.440. The predicted octanol–water partition coefficient (Wildman–Crippen LogP) is 2.55. The van der Waals surface area contributed by atoms with Crippen molar-refractivity contribution in [3.05, 3.63) is 52.7 Å². The van der Waals surface area contributed by atoms with Crippen LogP contribution in [0.15, 0.2) is 45.7 Å². The van der Waals surface area contributed by atoms with Crippen LogP contribution in [0.25, 0.3) is 10.4 Å². The Bertz CT molecular complexity index is 1380. The summed E-state index contributed by atoms with van der Waals surface area (Å²) in [5.74, 6) is -0.971. The molecule has 38 heavy (non-hydrogen) atoms. The molecule has 1 aromatic carbocycles. The zero-order valence-electron chi connectivity index (χ0n) is 21.5. The Morgan fingerprint density at radius 3 is 2.47 bits per heavy atom. The fourth-order valence-corrected chi connectivity index (χ4v) is 7.30. The van der Waals surface area contributed by atoms with Crippen LogP contribution in [-0.4, -0.2) is 64.9 Å². The molecule has 204 valence electrons. The molecular weight excluding hydrogens is 547 g/mol. The summed E-state index contributed by atoms with van der Waals surface area (Å²) in [6.45, 7) is 7.36. The highest BCUT2D eigenvalue weighted by atomic mass is 32.2. The summed E-state index contributed by atoms with van der Waals surface area (Å²) < 4.78 is 28.3. The number of hydrogen-bond acceptors (Lipinski definition) is 9. The zero-order chi connectivity index (χ0) is 27.7. The number of benzene rings is 1. The van der Waals surface area contributed by atoms with Crippen LogP contribution in [0.4, 0.5) is 0 Å². The van der Waals surface area contributed by atoms with Gasteiger partial charge in [0.25, 0.3) is 10.0 Å². The van der Waals surface area contributed by atoms with Crippen LogP contribution in [-0.2, 0) is 26.2 Å². The first-order chi connectivity index (χ1) is 17.9. The number of likely N-dealkylation sites (tertiary alicyclic amines) is 1. The maximum absolute atomic E-state index is 13.6. The maximum atomic E-state index is 13.6. The first-order valence-electron chi connectivity index (χ1n) is 12.0. The van der Waals surface area contributed by atoms with E-state index in [0.29, 0.717) is 0 Å². The number of sulfonamides is 1. The van der Waals surface area contributed by atoms with E-state index in [0.717, 1.165) is 33.0 Å². The molecule has 3 N–H and O–H groups in total. The molecule has 4 rings (SSSR count). The van der Waals surface area contributed by atoms with Crippen LogP contribution in [0.2, 0.25) is 0 Å². The zero-order valence-corrected chi connectivity index (χ0v) is 24.0. The van der Waals surface area contributed by atoms with Crippen molar-refractivity contribution >= 4 is 44.5 Å². The van der Waals surface area contributed by atoms with Crippen LogP contribution in [0.5, 0.6) is 0 Å². The molecule has 1 saturated heterocycles. The number of carbonyl (C=O) groups excluding carboxylic acids is 2. The van der Waals surface area contributed by atoms with Gasteiger partial charge >= 0.3 is 0 Å². The van der Waals surface area contributed by atoms with Crippen LogP contribution in [0, 0.1) is 12.3 Å². The van der Waals surface area contributed by atoms with Gasteiger partial charge in [0.2, 0.25) is 11.8 Å². The van der Waals surface area contributed by atoms with E-state index in [1.54, 1.807) is 37.6 Å². The number of nitrogens with one attached hydrogen (secondary N) is 2. The van der Waals surface area contributed by atoms with Crippen LogP contribution >= 0.6 is 22.7 Å². The number of aliphatic hydroxyl groups is 1. The number of aromatic nitrogens is 2. The first-order valence-corrected chi connectivity index (χ1v) is 15.3. The average molecular weight is 578 g/mol. The number of rotatable bonds is 8. The Labute approximate surface area is 230 Å².